The molecule has 0 amide bonds. The summed E-state index contributed by atoms with van der Waals surface area (Å²) in [6, 6.07) is 3.48. The van der Waals surface area contributed by atoms with Crippen LogP contribution in [0.15, 0.2) is 12.1 Å². The summed E-state index contributed by atoms with van der Waals surface area (Å²) >= 11 is 0. The van der Waals surface area contributed by atoms with Gasteiger partial charge in [-0.15, -0.1) is 0 Å². The van der Waals surface area contributed by atoms with Gasteiger partial charge in [0.15, 0.2) is 11.6 Å². The van der Waals surface area contributed by atoms with E-state index in [0.29, 0.717) is 24.1 Å². The van der Waals surface area contributed by atoms with E-state index in [2.05, 4.69) is 11.9 Å². The van der Waals surface area contributed by atoms with Gasteiger partial charge in [0.25, 0.3) is 0 Å². The molecule has 1 aromatic carbocycles. The Morgan fingerprint density at radius 2 is 2.05 bits per heavy atom. The molecule has 2 rings (SSSR count). The molecule has 112 valence electrons. The molecule has 4 nitrogen and oxygen atoms in total. The second-order valence-corrected chi connectivity index (χ2v) is 5.55. The largest absolute Gasteiger partial charge is 0.490 e. The van der Waals surface area contributed by atoms with E-state index in [1.54, 1.807) is 0 Å². The van der Waals surface area contributed by atoms with Crippen molar-refractivity contribution in [2.24, 2.45) is 0 Å². The minimum atomic E-state index is -0.460. The van der Waals surface area contributed by atoms with E-state index in [4.69, 9.17) is 15.2 Å². The number of nitrogen functional groups attached to an aromatic ring is 1. The molecule has 1 saturated carbocycles. The SMILES string of the molecule is CC(C)Oc1cc(OCCN(C)C2CC2)c(N)cc1F. The minimum Gasteiger partial charge on any atom is -0.490 e. The third-order valence-electron chi connectivity index (χ3n) is 3.30. The highest BCUT2D eigenvalue weighted by atomic mass is 19.1. The zero-order valence-corrected chi connectivity index (χ0v) is 12.4. The number of anilines is 1. The van der Waals surface area contributed by atoms with Gasteiger partial charge in [0.05, 0.1) is 11.8 Å². The van der Waals surface area contributed by atoms with Crippen LogP contribution in [-0.4, -0.2) is 37.2 Å². The maximum absolute atomic E-state index is 13.7. The van der Waals surface area contributed by atoms with Gasteiger partial charge in [-0.2, -0.15) is 0 Å². The Hall–Kier alpha value is -1.49. The number of hydrogen-bond acceptors (Lipinski definition) is 4. The Kier molecular flexibility index (Phi) is 4.70. The molecular formula is C15H23FN2O2. The number of nitrogens with zero attached hydrogens (tertiary/aromatic N) is 1. The van der Waals surface area contributed by atoms with Gasteiger partial charge >= 0.3 is 0 Å². The average Bonchev–Trinajstić information content (AvgIpc) is 3.18. The van der Waals surface area contributed by atoms with Crippen LogP contribution in [0.2, 0.25) is 0 Å². The monoisotopic (exact) mass is 282 g/mol. The van der Waals surface area contributed by atoms with E-state index in [-0.39, 0.29) is 11.9 Å². The fraction of sp³-hybridized carbons (Fsp3) is 0.600. The molecule has 0 saturated heterocycles. The van der Waals surface area contributed by atoms with Crippen molar-refractivity contribution in [2.45, 2.75) is 38.8 Å². The van der Waals surface area contributed by atoms with E-state index < -0.39 is 5.82 Å². The number of benzene rings is 1. The van der Waals surface area contributed by atoms with Crippen LogP contribution in [0.3, 0.4) is 0 Å². The molecular weight excluding hydrogens is 259 g/mol. The lowest BCUT2D eigenvalue weighted by Crippen LogP contribution is -2.26. The summed E-state index contributed by atoms with van der Waals surface area (Å²) in [5, 5.41) is 0. The van der Waals surface area contributed by atoms with Crippen LogP contribution in [0.5, 0.6) is 11.5 Å². The summed E-state index contributed by atoms with van der Waals surface area (Å²) in [7, 11) is 2.09. The van der Waals surface area contributed by atoms with Crippen molar-refractivity contribution in [1.82, 2.24) is 4.90 Å². The van der Waals surface area contributed by atoms with E-state index in [1.807, 2.05) is 13.8 Å². The molecule has 0 aliphatic heterocycles. The number of nitrogens with two attached hydrogens (primary N) is 1. The number of ether oxygens (including phenoxy) is 2. The van der Waals surface area contributed by atoms with Crippen molar-refractivity contribution >= 4 is 5.69 Å². The highest BCUT2D eigenvalue weighted by Gasteiger charge is 2.25. The first-order valence-electron chi connectivity index (χ1n) is 7.06. The molecule has 2 N–H and O–H groups in total. The summed E-state index contributed by atoms with van der Waals surface area (Å²) in [4.78, 5) is 2.27. The van der Waals surface area contributed by atoms with Crippen LogP contribution in [0, 0.1) is 5.82 Å². The maximum Gasteiger partial charge on any atom is 0.167 e. The second kappa shape index (κ2) is 6.31. The second-order valence-electron chi connectivity index (χ2n) is 5.55. The highest BCUT2D eigenvalue weighted by Crippen LogP contribution is 2.31. The minimum absolute atomic E-state index is 0.0954. The van der Waals surface area contributed by atoms with E-state index in [0.717, 1.165) is 6.54 Å². The van der Waals surface area contributed by atoms with Crippen molar-refractivity contribution in [3.63, 3.8) is 0 Å². The van der Waals surface area contributed by atoms with Crippen molar-refractivity contribution in [3.05, 3.63) is 17.9 Å². The normalized spacial score (nSPS) is 14.9. The Labute approximate surface area is 119 Å². The van der Waals surface area contributed by atoms with Crippen molar-refractivity contribution in [3.8, 4) is 11.5 Å². The van der Waals surface area contributed by atoms with Gasteiger partial charge in [-0.05, 0) is 33.7 Å². The molecule has 1 aliphatic rings. The molecule has 0 unspecified atom stereocenters. The summed E-state index contributed by atoms with van der Waals surface area (Å²) in [5.41, 5.74) is 6.07. The Morgan fingerprint density at radius 1 is 1.35 bits per heavy atom. The summed E-state index contributed by atoms with van der Waals surface area (Å²) in [6.45, 7) is 5.06. The zero-order valence-electron chi connectivity index (χ0n) is 12.4. The zero-order chi connectivity index (χ0) is 14.7. The van der Waals surface area contributed by atoms with Crippen LogP contribution in [-0.2, 0) is 0 Å². The first-order chi connectivity index (χ1) is 9.47. The topological polar surface area (TPSA) is 47.7 Å². The van der Waals surface area contributed by atoms with Crippen molar-refractivity contribution in [2.75, 3.05) is 25.9 Å². The number of halogens is 1. The molecule has 0 radical (unpaired) electrons. The molecule has 5 heteroatoms. The molecule has 0 atom stereocenters. The lowest BCUT2D eigenvalue weighted by atomic mass is 10.2. The summed E-state index contributed by atoms with van der Waals surface area (Å²) in [6.07, 6.45) is 2.44. The van der Waals surface area contributed by atoms with Crippen LogP contribution in [0.25, 0.3) is 0 Å². The van der Waals surface area contributed by atoms with Gasteiger partial charge in [0.1, 0.15) is 12.4 Å². The molecule has 0 heterocycles. The van der Waals surface area contributed by atoms with Crippen molar-refractivity contribution in [1.29, 1.82) is 0 Å². The third-order valence-corrected chi connectivity index (χ3v) is 3.30. The lowest BCUT2D eigenvalue weighted by molar-refractivity contribution is 0.221. The maximum atomic E-state index is 13.7. The number of hydrogen-bond donors (Lipinski definition) is 1. The summed E-state index contributed by atoms with van der Waals surface area (Å²) in [5.74, 6) is 0.199. The molecule has 0 bridgehead atoms. The van der Waals surface area contributed by atoms with Crippen LogP contribution < -0.4 is 15.2 Å². The third kappa shape index (κ3) is 4.00. The Bertz CT molecular complexity index is 461. The number of rotatable bonds is 7. The van der Waals surface area contributed by atoms with Crippen molar-refractivity contribution < 1.29 is 13.9 Å². The van der Waals surface area contributed by atoms with Gasteiger partial charge in [0, 0.05) is 24.7 Å². The molecule has 1 aliphatic carbocycles. The van der Waals surface area contributed by atoms with Gasteiger partial charge in [0.2, 0.25) is 0 Å². The first-order valence-corrected chi connectivity index (χ1v) is 7.06. The molecule has 0 spiro atoms. The van der Waals surface area contributed by atoms with E-state index >= 15 is 0 Å². The van der Waals surface area contributed by atoms with Crippen LogP contribution in [0.4, 0.5) is 10.1 Å². The fourth-order valence-corrected chi connectivity index (χ4v) is 2.02. The van der Waals surface area contributed by atoms with E-state index in [9.17, 15) is 4.39 Å². The Morgan fingerprint density at radius 3 is 2.65 bits per heavy atom. The number of likely N-dealkylation sites (N-methyl/N-ethyl adjacent to an activating group) is 1. The average molecular weight is 282 g/mol. The standard InChI is InChI=1S/C15H23FN2O2/c1-10(2)20-14-9-15(13(17)8-12(14)16)19-7-6-18(3)11-4-5-11/h8-11H,4-7,17H2,1-3H3. The van der Waals surface area contributed by atoms with Gasteiger partial charge < -0.3 is 20.1 Å². The van der Waals surface area contributed by atoms with Gasteiger partial charge in [-0.25, -0.2) is 4.39 Å². The predicted octanol–water partition coefficient (Wildman–Crippen LogP) is 2.67. The molecule has 0 aromatic heterocycles. The first kappa shape index (κ1) is 14.9. The molecule has 1 fully saturated rings. The lowest BCUT2D eigenvalue weighted by Gasteiger charge is -2.17. The highest BCUT2D eigenvalue weighted by molar-refractivity contribution is 5.56. The fourth-order valence-electron chi connectivity index (χ4n) is 2.02. The van der Waals surface area contributed by atoms with E-state index in [1.165, 1.54) is 25.0 Å². The van der Waals surface area contributed by atoms with Gasteiger partial charge in [-0.3, -0.25) is 0 Å². The summed E-state index contributed by atoms with van der Waals surface area (Å²) < 4.78 is 24.7. The molecule has 1 aromatic rings. The predicted molar refractivity (Wildman–Crippen MR) is 77.7 cm³/mol. The quantitative estimate of drug-likeness (QED) is 0.781. The van der Waals surface area contributed by atoms with Crippen LogP contribution in [0.1, 0.15) is 26.7 Å². The Balaban J connectivity index is 1.95. The van der Waals surface area contributed by atoms with Crippen LogP contribution >= 0.6 is 0 Å². The molecule has 20 heavy (non-hydrogen) atoms. The van der Waals surface area contributed by atoms with Gasteiger partial charge in [-0.1, -0.05) is 0 Å². The smallest absolute Gasteiger partial charge is 0.167 e.